The molecule has 0 spiro atoms. The average molecular weight is 253 g/mol. The van der Waals surface area contributed by atoms with E-state index in [1.54, 1.807) is 12.1 Å². The normalized spacial score (nSPS) is 14.4. The van der Waals surface area contributed by atoms with Crippen LogP contribution in [0.15, 0.2) is 29.3 Å². The largest absolute Gasteiger partial charge is 0.386 e. The summed E-state index contributed by atoms with van der Waals surface area (Å²) in [5.74, 6) is -0.208. The lowest BCUT2D eigenvalue weighted by Crippen LogP contribution is -2.45. The molecule has 0 aliphatic heterocycles. The van der Waals surface area contributed by atoms with E-state index in [2.05, 4.69) is 10.3 Å². The van der Waals surface area contributed by atoms with Crippen LogP contribution in [-0.2, 0) is 0 Å². The fraction of sp³-hybridized carbons (Fsp3) is 0.462. The summed E-state index contributed by atoms with van der Waals surface area (Å²) < 4.78 is 13.4. The first-order chi connectivity index (χ1) is 8.29. The van der Waals surface area contributed by atoms with E-state index in [0.29, 0.717) is 0 Å². The highest BCUT2D eigenvalue weighted by molar-refractivity contribution is 5.78. The van der Waals surface area contributed by atoms with Gasteiger partial charge in [-0.05, 0) is 26.8 Å². The maximum Gasteiger partial charge on any atom is 0.189 e. The molecule has 0 saturated heterocycles. The van der Waals surface area contributed by atoms with E-state index in [1.807, 2.05) is 20.8 Å². The minimum atomic E-state index is -0.994. The highest BCUT2D eigenvalue weighted by atomic mass is 19.1. The first-order valence-corrected chi connectivity index (χ1v) is 5.80. The van der Waals surface area contributed by atoms with Gasteiger partial charge in [0, 0.05) is 11.1 Å². The summed E-state index contributed by atoms with van der Waals surface area (Å²) in [5.41, 5.74) is 5.69. The van der Waals surface area contributed by atoms with Gasteiger partial charge < -0.3 is 16.2 Å². The van der Waals surface area contributed by atoms with Crippen LogP contribution in [0.1, 0.15) is 32.4 Å². The smallest absolute Gasteiger partial charge is 0.189 e. The molecule has 1 aromatic rings. The summed E-state index contributed by atoms with van der Waals surface area (Å²) in [6.07, 6.45) is -0.994. The van der Waals surface area contributed by atoms with Crippen molar-refractivity contribution in [2.75, 3.05) is 6.54 Å². The van der Waals surface area contributed by atoms with Gasteiger partial charge in [-0.1, -0.05) is 18.2 Å². The van der Waals surface area contributed by atoms with Crippen molar-refractivity contribution in [1.82, 2.24) is 5.32 Å². The molecular weight excluding hydrogens is 233 g/mol. The van der Waals surface area contributed by atoms with Crippen molar-refractivity contribution in [3.63, 3.8) is 0 Å². The minimum Gasteiger partial charge on any atom is -0.386 e. The molecule has 1 unspecified atom stereocenters. The standard InChI is InChI=1S/C13H20FN3O/c1-13(2,3)17-12(15)16-8-11(18)9-6-4-5-7-10(9)14/h4-7,11,18H,8H2,1-3H3,(H3,15,16,17). The average Bonchev–Trinajstić information content (AvgIpc) is 2.24. The number of benzene rings is 1. The van der Waals surface area contributed by atoms with Gasteiger partial charge in [0.2, 0.25) is 0 Å². The minimum absolute atomic E-state index is 0.0237. The van der Waals surface area contributed by atoms with E-state index in [1.165, 1.54) is 12.1 Å². The molecule has 4 nitrogen and oxygen atoms in total. The molecular formula is C13H20FN3O. The van der Waals surface area contributed by atoms with Crippen LogP contribution >= 0.6 is 0 Å². The first kappa shape index (κ1) is 14.4. The number of nitrogens with zero attached hydrogens (tertiary/aromatic N) is 1. The number of hydrogen-bond donors (Lipinski definition) is 3. The Labute approximate surface area is 107 Å². The third kappa shape index (κ3) is 4.71. The van der Waals surface area contributed by atoms with Crippen LogP contribution in [0.2, 0.25) is 0 Å². The van der Waals surface area contributed by atoms with Crippen LogP contribution in [0.3, 0.4) is 0 Å². The van der Waals surface area contributed by atoms with Gasteiger partial charge in [-0.2, -0.15) is 0 Å². The molecule has 0 radical (unpaired) electrons. The summed E-state index contributed by atoms with van der Waals surface area (Å²) in [7, 11) is 0. The molecule has 0 amide bonds. The van der Waals surface area contributed by atoms with Crippen LogP contribution < -0.4 is 11.1 Å². The quantitative estimate of drug-likeness (QED) is 0.565. The molecule has 4 N–H and O–H groups in total. The van der Waals surface area contributed by atoms with E-state index in [4.69, 9.17) is 5.73 Å². The Morgan fingerprint density at radius 2 is 2.06 bits per heavy atom. The fourth-order valence-electron chi connectivity index (χ4n) is 1.45. The van der Waals surface area contributed by atoms with Crippen molar-refractivity contribution in [3.05, 3.63) is 35.6 Å². The molecule has 0 fully saturated rings. The second-order valence-electron chi connectivity index (χ2n) is 5.14. The molecule has 1 atom stereocenters. The van der Waals surface area contributed by atoms with E-state index in [0.717, 1.165) is 0 Å². The highest BCUT2D eigenvalue weighted by Crippen LogP contribution is 2.16. The van der Waals surface area contributed by atoms with Gasteiger partial charge >= 0.3 is 0 Å². The van der Waals surface area contributed by atoms with Gasteiger partial charge in [-0.25, -0.2) is 4.39 Å². The van der Waals surface area contributed by atoms with Crippen LogP contribution in [-0.4, -0.2) is 23.1 Å². The number of hydrogen-bond acceptors (Lipinski definition) is 2. The molecule has 1 rings (SSSR count). The Hall–Kier alpha value is -1.62. The molecule has 0 aromatic heterocycles. The Morgan fingerprint density at radius 1 is 1.44 bits per heavy atom. The van der Waals surface area contributed by atoms with E-state index in [-0.39, 0.29) is 23.6 Å². The van der Waals surface area contributed by atoms with Crippen molar-refractivity contribution < 1.29 is 9.50 Å². The van der Waals surface area contributed by atoms with Crippen molar-refractivity contribution in [3.8, 4) is 0 Å². The van der Waals surface area contributed by atoms with Crippen LogP contribution in [0.25, 0.3) is 0 Å². The lowest BCUT2D eigenvalue weighted by molar-refractivity contribution is 0.182. The number of nitrogens with one attached hydrogen (secondary N) is 1. The maximum absolute atomic E-state index is 13.4. The Morgan fingerprint density at radius 3 is 2.61 bits per heavy atom. The maximum atomic E-state index is 13.4. The summed E-state index contributed by atoms with van der Waals surface area (Å²) in [6, 6.07) is 6.08. The zero-order valence-electron chi connectivity index (χ0n) is 10.9. The van der Waals surface area contributed by atoms with Gasteiger partial charge in [-0.3, -0.25) is 4.99 Å². The van der Waals surface area contributed by atoms with Gasteiger partial charge in [-0.15, -0.1) is 0 Å². The van der Waals surface area contributed by atoms with Gasteiger partial charge in [0.15, 0.2) is 5.96 Å². The summed E-state index contributed by atoms with van der Waals surface area (Å²) in [5, 5.41) is 12.8. The third-order valence-electron chi connectivity index (χ3n) is 2.20. The Bertz CT molecular complexity index is 426. The Balaban J connectivity index is 2.64. The van der Waals surface area contributed by atoms with Gasteiger partial charge in [0.1, 0.15) is 11.9 Å². The summed E-state index contributed by atoms with van der Waals surface area (Å²) in [4.78, 5) is 3.99. The first-order valence-electron chi connectivity index (χ1n) is 5.80. The highest BCUT2D eigenvalue weighted by Gasteiger charge is 2.13. The second-order valence-corrected chi connectivity index (χ2v) is 5.14. The summed E-state index contributed by atoms with van der Waals surface area (Å²) >= 11 is 0. The van der Waals surface area contributed by atoms with Crippen molar-refractivity contribution >= 4 is 5.96 Å². The number of rotatable bonds is 3. The topological polar surface area (TPSA) is 70.6 Å². The van der Waals surface area contributed by atoms with E-state index in [9.17, 15) is 9.50 Å². The number of aliphatic hydroxyl groups excluding tert-OH is 1. The van der Waals surface area contributed by atoms with E-state index < -0.39 is 11.9 Å². The number of aliphatic hydroxyl groups is 1. The lowest BCUT2D eigenvalue weighted by Gasteiger charge is -2.21. The van der Waals surface area contributed by atoms with Crippen molar-refractivity contribution in [2.24, 2.45) is 10.7 Å². The fourth-order valence-corrected chi connectivity index (χ4v) is 1.45. The number of nitrogens with two attached hydrogens (primary N) is 1. The van der Waals surface area contributed by atoms with Crippen LogP contribution in [0.5, 0.6) is 0 Å². The molecule has 5 heteroatoms. The van der Waals surface area contributed by atoms with Crippen molar-refractivity contribution in [1.29, 1.82) is 0 Å². The summed E-state index contributed by atoms with van der Waals surface area (Å²) in [6.45, 7) is 5.86. The molecule has 0 aliphatic carbocycles. The lowest BCUT2D eigenvalue weighted by atomic mass is 10.1. The zero-order chi connectivity index (χ0) is 13.8. The Kier molecular flexibility index (Phi) is 4.67. The molecule has 100 valence electrons. The van der Waals surface area contributed by atoms with Crippen LogP contribution in [0, 0.1) is 5.82 Å². The molecule has 0 saturated carbocycles. The predicted molar refractivity (Wildman–Crippen MR) is 70.7 cm³/mol. The predicted octanol–water partition coefficient (Wildman–Crippen LogP) is 1.56. The third-order valence-corrected chi connectivity index (χ3v) is 2.20. The van der Waals surface area contributed by atoms with Gasteiger partial charge in [0.05, 0.1) is 6.54 Å². The zero-order valence-corrected chi connectivity index (χ0v) is 10.9. The monoisotopic (exact) mass is 253 g/mol. The molecule has 0 heterocycles. The number of halogens is 1. The SMILES string of the molecule is CC(C)(C)NC(N)=NCC(O)c1ccccc1F. The van der Waals surface area contributed by atoms with Crippen LogP contribution in [0.4, 0.5) is 4.39 Å². The number of guanidine groups is 1. The molecule has 0 bridgehead atoms. The molecule has 1 aromatic carbocycles. The second kappa shape index (κ2) is 5.82. The number of aliphatic imine (C=N–C) groups is 1. The van der Waals surface area contributed by atoms with Crippen molar-refractivity contribution in [2.45, 2.75) is 32.4 Å². The molecule has 0 aliphatic rings. The van der Waals surface area contributed by atoms with E-state index >= 15 is 0 Å². The molecule has 18 heavy (non-hydrogen) atoms. The van der Waals surface area contributed by atoms with Gasteiger partial charge in [0.25, 0.3) is 0 Å².